The summed E-state index contributed by atoms with van der Waals surface area (Å²) in [5, 5.41) is 3.78. The lowest BCUT2D eigenvalue weighted by atomic mass is 10.1. The SMILES string of the molecule is CCCCNC(=O)[C@@H](CC)N(Cc1ccc(Cl)cc1)C(=O)CN(c1cccc(Cl)c1)S(=O)(=O)c1ccccc1. The zero-order valence-corrected chi connectivity index (χ0v) is 24.3. The number of halogens is 2. The molecule has 1 atom stereocenters. The normalized spacial score (nSPS) is 12.0. The van der Waals surface area contributed by atoms with Crippen LogP contribution in [0.25, 0.3) is 0 Å². The van der Waals surface area contributed by atoms with E-state index in [0.717, 1.165) is 22.7 Å². The van der Waals surface area contributed by atoms with Crippen molar-refractivity contribution in [3.05, 3.63) is 94.5 Å². The van der Waals surface area contributed by atoms with Crippen molar-refractivity contribution in [3.8, 4) is 0 Å². The lowest BCUT2D eigenvalue weighted by molar-refractivity contribution is -0.140. The fourth-order valence-corrected chi connectivity index (χ4v) is 5.83. The molecule has 39 heavy (non-hydrogen) atoms. The minimum Gasteiger partial charge on any atom is -0.354 e. The first-order valence-electron chi connectivity index (χ1n) is 12.8. The Morgan fingerprint density at radius 2 is 1.59 bits per heavy atom. The number of unbranched alkanes of at least 4 members (excludes halogenated alkanes) is 1. The van der Waals surface area contributed by atoms with Gasteiger partial charge in [-0.05, 0) is 60.9 Å². The van der Waals surface area contributed by atoms with Crippen molar-refractivity contribution in [3.63, 3.8) is 0 Å². The second-order valence-corrected chi connectivity index (χ2v) is 11.8. The molecule has 2 amide bonds. The van der Waals surface area contributed by atoms with Crippen LogP contribution in [-0.4, -0.2) is 44.3 Å². The first kappa shape index (κ1) is 30.5. The molecule has 208 valence electrons. The number of carbonyl (C=O) groups is 2. The van der Waals surface area contributed by atoms with Crippen LogP contribution in [0, 0.1) is 0 Å². The molecule has 0 aromatic heterocycles. The van der Waals surface area contributed by atoms with Crippen LogP contribution in [0.5, 0.6) is 0 Å². The molecule has 0 aliphatic carbocycles. The molecular formula is C29H33Cl2N3O4S. The van der Waals surface area contributed by atoms with Crippen molar-refractivity contribution in [1.29, 1.82) is 0 Å². The van der Waals surface area contributed by atoms with E-state index >= 15 is 0 Å². The number of carbonyl (C=O) groups excluding carboxylic acids is 2. The molecule has 0 aliphatic rings. The third-order valence-electron chi connectivity index (χ3n) is 6.19. The molecule has 0 bridgehead atoms. The van der Waals surface area contributed by atoms with Crippen LogP contribution in [0.15, 0.2) is 83.8 Å². The molecule has 0 radical (unpaired) electrons. The van der Waals surface area contributed by atoms with E-state index in [1.54, 1.807) is 60.7 Å². The number of sulfonamides is 1. The summed E-state index contributed by atoms with van der Waals surface area (Å²) in [6, 6.07) is 20.4. The van der Waals surface area contributed by atoms with Gasteiger partial charge in [-0.25, -0.2) is 8.42 Å². The van der Waals surface area contributed by atoms with Crippen molar-refractivity contribution >= 4 is 50.7 Å². The van der Waals surface area contributed by atoms with E-state index in [1.807, 2.05) is 13.8 Å². The van der Waals surface area contributed by atoms with E-state index in [1.165, 1.54) is 23.1 Å². The Hall–Kier alpha value is -3.07. The van der Waals surface area contributed by atoms with Crippen molar-refractivity contribution < 1.29 is 18.0 Å². The quantitative estimate of drug-likeness (QED) is 0.251. The van der Waals surface area contributed by atoms with Crippen molar-refractivity contribution in [2.24, 2.45) is 0 Å². The molecule has 3 rings (SSSR count). The van der Waals surface area contributed by atoms with E-state index in [4.69, 9.17) is 23.2 Å². The van der Waals surface area contributed by atoms with Gasteiger partial charge in [0.15, 0.2) is 0 Å². The molecule has 0 aliphatic heterocycles. The molecule has 3 aromatic rings. The Morgan fingerprint density at radius 3 is 2.21 bits per heavy atom. The molecular weight excluding hydrogens is 557 g/mol. The van der Waals surface area contributed by atoms with E-state index in [9.17, 15) is 18.0 Å². The first-order chi connectivity index (χ1) is 18.7. The second-order valence-electron chi connectivity index (χ2n) is 9.02. The summed E-state index contributed by atoms with van der Waals surface area (Å²) in [6.45, 7) is 3.92. The molecule has 3 aromatic carbocycles. The van der Waals surface area contributed by atoms with Gasteiger partial charge in [0.1, 0.15) is 12.6 Å². The predicted molar refractivity (Wildman–Crippen MR) is 156 cm³/mol. The van der Waals surface area contributed by atoms with Gasteiger partial charge < -0.3 is 10.2 Å². The summed E-state index contributed by atoms with van der Waals surface area (Å²) in [5.41, 5.74) is 0.999. The standard InChI is InChI=1S/C29H33Cl2N3O4S/c1-3-5-18-32-29(36)27(4-2)33(20-22-14-16-23(30)17-15-22)28(35)21-34(25-11-9-10-24(31)19-25)39(37,38)26-12-7-6-8-13-26/h6-17,19,27H,3-5,18,20-21H2,1-2H3,(H,32,36)/t27-/m1/s1. The van der Waals surface area contributed by atoms with Crippen LogP contribution >= 0.6 is 23.2 Å². The maximum absolute atomic E-state index is 14.0. The van der Waals surface area contributed by atoms with Gasteiger partial charge in [-0.2, -0.15) is 0 Å². The maximum atomic E-state index is 14.0. The average Bonchev–Trinajstić information content (AvgIpc) is 2.93. The molecule has 7 nitrogen and oxygen atoms in total. The van der Waals surface area contributed by atoms with E-state index in [-0.39, 0.29) is 23.0 Å². The predicted octanol–water partition coefficient (Wildman–Crippen LogP) is 5.91. The molecule has 0 unspecified atom stereocenters. The number of amides is 2. The highest BCUT2D eigenvalue weighted by atomic mass is 35.5. The van der Waals surface area contributed by atoms with Gasteiger partial charge in [-0.1, -0.05) is 79.9 Å². The topological polar surface area (TPSA) is 86.8 Å². The highest BCUT2D eigenvalue weighted by Crippen LogP contribution is 2.27. The fraction of sp³-hybridized carbons (Fsp3) is 0.310. The number of hydrogen-bond donors (Lipinski definition) is 1. The van der Waals surface area contributed by atoms with Crippen LogP contribution in [0.3, 0.4) is 0 Å². The van der Waals surface area contributed by atoms with Gasteiger partial charge in [0.25, 0.3) is 10.0 Å². The van der Waals surface area contributed by atoms with E-state index in [0.29, 0.717) is 23.0 Å². The minimum absolute atomic E-state index is 0.0337. The lowest BCUT2D eigenvalue weighted by Crippen LogP contribution is -2.52. The van der Waals surface area contributed by atoms with Gasteiger partial charge >= 0.3 is 0 Å². The Labute approximate surface area is 240 Å². The van der Waals surface area contributed by atoms with Crippen LogP contribution in [0.2, 0.25) is 10.0 Å². The molecule has 0 spiro atoms. The third kappa shape index (κ3) is 8.21. The molecule has 0 heterocycles. The van der Waals surface area contributed by atoms with Crippen molar-refractivity contribution in [2.45, 2.75) is 50.6 Å². The Balaban J connectivity index is 2.02. The number of hydrogen-bond acceptors (Lipinski definition) is 4. The van der Waals surface area contributed by atoms with Gasteiger partial charge in [0.05, 0.1) is 10.6 Å². The van der Waals surface area contributed by atoms with Crippen LogP contribution in [-0.2, 0) is 26.2 Å². The number of anilines is 1. The highest BCUT2D eigenvalue weighted by Gasteiger charge is 2.33. The molecule has 0 saturated carbocycles. The summed E-state index contributed by atoms with van der Waals surface area (Å²) in [6.07, 6.45) is 2.07. The molecule has 10 heteroatoms. The minimum atomic E-state index is -4.14. The van der Waals surface area contributed by atoms with Crippen LogP contribution in [0.4, 0.5) is 5.69 Å². The number of nitrogens with zero attached hydrogens (tertiary/aromatic N) is 2. The van der Waals surface area contributed by atoms with E-state index in [2.05, 4.69) is 5.32 Å². The maximum Gasteiger partial charge on any atom is 0.264 e. The lowest BCUT2D eigenvalue weighted by Gasteiger charge is -2.33. The van der Waals surface area contributed by atoms with Crippen molar-refractivity contribution in [2.75, 3.05) is 17.4 Å². The van der Waals surface area contributed by atoms with Gasteiger partial charge in [0, 0.05) is 23.1 Å². The summed E-state index contributed by atoms with van der Waals surface area (Å²) in [7, 11) is -4.14. The number of rotatable bonds is 13. The van der Waals surface area contributed by atoms with Crippen molar-refractivity contribution in [1.82, 2.24) is 10.2 Å². The van der Waals surface area contributed by atoms with Crippen LogP contribution in [0.1, 0.15) is 38.7 Å². The fourth-order valence-electron chi connectivity index (χ4n) is 4.09. The Bertz CT molecular complexity index is 1350. The average molecular weight is 591 g/mol. The summed E-state index contributed by atoms with van der Waals surface area (Å²) in [5.74, 6) is -0.810. The number of nitrogens with one attached hydrogen (secondary N) is 1. The summed E-state index contributed by atoms with van der Waals surface area (Å²) >= 11 is 12.2. The largest absolute Gasteiger partial charge is 0.354 e. The van der Waals surface area contributed by atoms with Gasteiger partial charge in [-0.3, -0.25) is 13.9 Å². The molecule has 0 fully saturated rings. The third-order valence-corrected chi connectivity index (χ3v) is 8.46. The molecule has 1 N–H and O–H groups in total. The summed E-state index contributed by atoms with van der Waals surface area (Å²) < 4.78 is 28.6. The van der Waals surface area contributed by atoms with Gasteiger partial charge in [-0.15, -0.1) is 0 Å². The zero-order chi connectivity index (χ0) is 28.4. The molecule has 0 saturated heterocycles. The van der Waals surface area contributed by atoms with Gasteiger partial charge in [0.2, 0.25) is 11.8 Å². The number of benzene rings is 3. The first-order valence-corrected chi connectivity index (χ1v) is 15.0. The zero-order valence-electron chi connectivity index (χ0n) is 22.0. The summed E-state index contributed by atoms with van der Waals surface area (Å²) in [4.78, 5) is 28.6. The second kappa shape index (κ2) is 14.4. The Kier molecular flexibility index (Phi) is 11.2. The van der Waals surface area contributed by atoms with E-state index < -0.39 is 28.5 Å². The van der Waals surface area contributed by atoms with Crippen LogP contribution < -0.4 is 9.62 Å². The monoisotopic (exact) mass is 589 g/mol. The smallest absolute Gasteiger partial charge is 0.264 e. The highest BCUT2D eigenvalue weighted by molar-refractivity contribution is 7.92. The Morgan fingerprint density at radius 1 is 0.897 bits per heavy atom.